The Balaban J connectivity index is 1.90. The van der Waals surface area contributed by atoms with Crippen molar-refractivity contribution in [2.24, 2.45) is 11.8 Å². The number of carboxylic acid groups (broad SMARTS) is 1. The summed E-state index contributed by atoms with van der Waals surface area (Å²) in [6, 6.07) is 8.56. The molecule has 33 heavy (non-hydrogen) atoms. The Morgan fingerprint density at radius 3 is 2.09 bits per heavy atom. The summed E-state index contributed by atoms with van der Waals surface area (Å²) in [5, 5.41) is 23.4. The average Bonchev–Trinajstić information content (AvgIpc) is 3.24. The molecule has 0 saturated carbocycles. The largest absolute Gasteiger partial charge is 0.507 e. The zero-order chi connectivity index (χ0) is 24.2. The summed E-state index contributed by atoms with van der Waals surface area (Å²) >= 11 is 0. The third kappa shape index (κ3) is 3.25. The van der Waals surface area contributed by atoms with Gasteiger partial charge in [-0.1, -0.05) is 44.2 Å². The number of phenols is 1. The maximum absolute atomic E-state index is 13.9. The minimum absolute atomic E-state index is 0.161. The molecule has 0 spiro atoms. The van der Waals surface area contributed by atoms with E-state index in [9.17, 15) is 24.6 Å². The zero-order valence-electron chi connectivity index (χ0n) is 19.6. The van der Waals surface area contributed by atoms with Gasteiger partial charge in [0.25, 0.3) is 0 Å². The van der Waals surface area contributed by atoms with Crippen LogP contribution in [0.5, 0.6) is 5.75 Å². The molecule has 0 aliphatic carbocycles. The number of para-hydroxylation sites is 1. The van der Waals surface area contributed by atoms with E-state index in [1.165, 1.54) is 11.8 Å². The SMILES string of the molecule is CCc1cccc(CC)c1N1C(=O)C2C(c3cc(C)c(O)c(C)c3)NC(C)(C(=O)O)C2C1=O. The molecule has 174 valence electrons. The highest BCUT2D eigenvalue weighted by Gasteiger charge is 2.67. The van der Waals surface area contributed by atoms with Crippen LogP contribution in [0.4, 0.5) is 5.69 Å². The molecule has 2 aromatic carbocycles. The Morgan fingerprint density at radius 1 is 1.06 bits per heavy atom. The molecule has 2 fully saturated rings. The predicted molar refractivity (Wildman–Crippen MR) is 124 cm³/mol. The zero-order valence-corrected chi connectivity index (χ0v) is 19.6. The third-order valence-electron chi connectivity index (χ3n) is 7.29. The Kier molecular flexibility index (Phi) is 5.56. The normalized spacial score (nSPS) is 26.7. The number of anilines is 1. The number of aliphatic carboxylic acids is 1. The summed E-state index contributed by atoms with van der Waals surface area (Å²) < 4.78 is 0. The van der Waals surface area contributed by atoms with E-state index in [4.69, 9.17) is 0 Å². The second-order valence-electron chi connectivity index (χ2n) is 9.28. The minimum atomic E-state index is -1.61. The summed E-state index contributed by atoms with van der Waals surface area (Å²) in [5.74, 6) is -3.78. The van der Waals surface area contributed by atoms with Crippen LogP contribution in [0.2, 0.25) is 0 Å². The van der Waals surface area contributed by atoms with Crippen molar-refractivity contribution in [1.82, 2.24) is 5.32 Å². The first-order valence-corrected chi connectivity index (χ1v) is 11.4. The van der Waals surface area contributed by atoms with Crippen LogP contribution in [-0.4, -0.2) is 33.5 Å². The number of hydrogen-bond acceptors (Lipinski definition) is 5. The van der Waals surface area contributed by atoms with Crippen molar-refractivity contribution in [2.45, 2.75) is 59.0 Å². The Labute approximate surface area is 193 Å². The van der Waals surface area contributed by atoms with E-state index < -0.39 is 35.3 Å². The van der Waals surface area contributed by atoms with E-state index in [1.807, 2.05) is 32.0 Å². The maximum Gasteiger partial charge on any atom is 0.324 e. The number of carbonyl (C=O) groups excluding carboxylic acids is 2. The number of hydrogen-bond donors (Lipinski definition) is 3. The molecule has 7 nitrogen and oxygen atoms in total. The van der Waals surface area contributed by atoms with Crippen LogP contribution in [0.1, 0.15) is 54.6 Å². The molecule has 0 radical (unpaired) electrons. The van der Waals surface area contributed by atoms with Crippen molar-refractivity contribution in [2.75, 3.05) is 4.90 Å². The summed E-state index contributed by atoms with van der Waals surface area (Å²) in [6.07, 6.45) is 1.29. The fourth-order valence-electron chi connectivity index (χ4n) is 5.51. The molecule has 0 aromatic heterocycles. The lowest BCUT2D eigenvalue weighted by Gasteiger charge is -2.29. The number of fused-ring (bicyclic) bond motifs is 1. The highest BCUT2D eigenvalue weighted by Crippen LogP contribution is 2.51. The van der Waals surface area contributed by atoms with Gasteiger partial charge in [-0.15, -0.1) is 0 Å². The van der Waals surface area contributed by atoms with Gasteiger partial charge in [0.05, 0.1) is 17.5 Å². The number of rotatable bonds is 5. The standard InChI is InChI=1S/C26H30N2O5/c1-6-15-9-8-10-16(7-2)21(15)28-23(30)18-19(24(28)31)26(5,25(32)33)27-20(18)17-11-13(3)22(29)14(4)12-17/h8-12,18-20,27,29H,6-7H2,1-5H3,(H,32,33). The van der Waals surface area contributed by atoms with Gasteiger partial charge in [-0.05, 0) is 61.4 Å². The van der Waals surface area contributed by atoms with Crippen LogP contribution in [0.3, 0.4) is 0 Å². The van der Waals surface area contributed by atoms with Crippen molar-refractivity contribution >= 4 is 23.5 Å². The summed E-state index contributed by atoms with van der Waals surface area (Å²) in [7, 11) is 0. The van der Waals surface area contributed by atoms with Gasteiger partial charge in [0.2, 0.25) is 11.8 Å². The lowest BCUT2D eigenvalue weighted by molar-refractivity contribution is -0.147. The van der Waals surface area contributed by atoms with E-state index in [1.54, 1.807) is 26.0 Å². The van der Waals surface area contributed by atoms with Gasteiger partial charge in [-0.2, -0.15) is 0 Å². The van der Waals surface area contributed by atoms with Gasteiger partial charge >= 0.3 is 5.97 Å². The molecular weight excluding hydrogens is 420 g/mol. The first kappa shape index (κ1) is 23.0. The smallest absolute Gasteiger partial charge is 0.324 e. The van der Waals surface area contributed by atoms with Crippen molar-refractivity contribution in [3.63, 3.8) is 0 Å². The van der Waals surface area contributed by atoms with Crippen LogP contribution in [0.15, 0.2) is 30.3 Å². The molecule has 2 amide bonds. The summed E-state index contributed by atoms with van der Waals surface area (Å²) in [6.45, 7) is 8.94. The van der Waals surface area contributed by atoms with Crippen LogP contribution < -0.4 is 10.2 Å². The fourth-order valence-corrected chi connectivity index (χ4v) is 5.51. The molecule has 4 atom stereocenters. The molecular formula is C26H30N2O5. The number of aromatic hydroxyl groups is 1. The van der Waals surface area contributed by atoms with Crippen LogP contribution >= 0.6 is 0 Å². The number of carboxylic acids is 1. The molecule has 2 saturated heterocycles. The Morgan fingerprint density at radius 2 is 1.61 bits per heavy atom. The van der Waals surface area contributed by atoms with E-state index >= 15 is 0 Å². The second-order valence-corrected chi connectivity index (χ2v) is 9.28. The number of carbonyl (C=O) groups is 3. The summed E-state index contributed by atoms with van der Waals surface area (Å²) in [5.41, 5.74) is 2.70. The van der Waals surface area contributed by atoms with E-state index in [0.717, 1.165) is 11.1 Å². The number of nitrogens with zero attached hydrogens (tertiary/aromatic N) is 1. The number of aryl methyl sites for hydroxylation is 4. The number of phenolic OH excluding ortho intramolecular Hbond substituents is 1. The van der Waals surface area contributed by atoms with Gasteiger partial charge in [0, 0.05) is 6.04 Å². The topological polar surface area (TPSA) is 107 Å². The summed E-state index contributed by atoms with van der Waals surface area (Å²) in [4.78, 5) is 41.3. The first-order chi connectivity index (χ1) is 15.6. The van der Waals surface area contributed by atoms with Gasteiger partial charge < -0.3 is 10.2 Å². The minimum Gasteiger partial charge on any atom is -0.507 e. The number of imide groups is 1. The predicted octanol–water partition coefficient (Wildman–Crippen LogP) is 3.43. The Bertz CT molecular complexity index is 1130. The lowest BCUT2D eigenvalue weighted by Crippen LogP contribution is -2.53. The third-order valence-corrected chi connectivity index (χ3v) is 7.29. The maximum atomic E-state index is 13.9. The highest BCUT2D eigenvalue weighted by atomic mass is 16.4. The quantitative estimate of drug-likeness (QED) is 0.603. The van der Waals surface area contributed by atoms with Gasteiger partial charge in [-0.3, -0.25) is 19.7 Å². The van der Waals surface area contributed by atoms with E-state index in [-0.39, 0.29) is 11.7 Å². The first-order valence-electron chi connectivity index (χ1n) is 11.4. The monoisotopic (exact) mass is 450 g/mol. The van der Waals surface area contributed by atoms with Gasteiger partial charge in [0.1, 0.15) is 11.3 Å². The van der Waals surface area contributed by atoms with E-state index in [0.29, 0.717) is 35.2 Å². The second kappa shape index (κ2) is 7.99. The molecule has 2 heterocycles. The molecule has 2 aliphatic rings. The average molecular weight is 451 g/mol. The highest BCUT2D eigenvalue weighted by molar-refractivity contribution is 6.24. The molecule has 7 heteroatoms. The molecule has 2 aromatic rings. The molecule has 4 rings (SSSR count). The lowest BCUT2D eigenvalue weighted by atomic mass is 9.80. The number of benzene rings is 2. The molecule has 4 unspecified atom stereocenters. The van der Waals surface area contributed by atoms with Crippen LogP contribution in [0.25, 0.3) is 0 Å². The number of amides is 2. The van der Waals surface area contributed by atoms with Crippen molar-refractivity contribution in [1.29, 1.82) is 0 Å². The Hall–Kier alpha value is -3.19. The van der Waals surface area contributed by atoms with Crippen molar-refractivity contribution in [3.05, 3.63) is 58.1 Å². The molecule has 2 aliphatic heterocycles. The fraction of sp³-hybridized carbons (Fsp3) is 0.423. The van der Waals surface area contributed by atoms with Gasteiger partial charge in [-0.25, -0.2) is 4.90 Å². The number of nitrogens with one attached hydrogen (secondary N) is 1. The van der Waals surface area contributed by atoms with Crippen molar-refractivity contribution in [3.8, 4) is 5.75 Å². The van der Waals surface area contributed by atoms with Gasteiger partial charge in [0.15, 0.2) is 0 Å². The van der Waals surface area contributed by atoms with Crippen LogP contribution in [0, 0.1) is 25.7 Å². The van der Waals surface area contributed by atoms with Crippen LogP contribution in [-0.2, 0) is 27.2 Å². The van der Waals surface area contributed by atoms with E-state index in [2.05, 4.69) is 5.32 Å². The van der Waals surface area contributed by atoms with Crippen molar-refractivity contribution < 1.29 is 24.6 Å². The molecule has 0 bridgehead atoms. The molecule has 3 N–H and O–H groups in total.